The van der Waals surface area contributed by atoms with E-state index >= 15 is 0 Å². The van der Waals surface area contributed by atoms with Crippen molar-refractivity contribution in [2.45, 2.75) is 31.2 Å². The number of benzene rings is 1. The van der Waals surface area contributed by atoms with Gasteiger partial charge in [-0.25, -0.2) is 8.42 Å². The summed E-state index contributed by atoms with van der Waals surface area (Å²) in [6.45, 7) is 5.82. The number of nitrogens with one attached hydrogen (secondary N) is 1. The zero-order valence-electron chi connectivity index (χ0n) is 14.6. The summed E-state index contributed by atoms with van der Waals surface area (Å²) in [5.74, 6) is -0.0412. The Morgan fingerprint density at radius 3 is 2.52 bits per heavy atom. The van der Waals surface area contributed by atoms with Gasteiger partial charge in [0.2, 0.25) is 15.9 Å². The Morgan fingerprint density at radius 2 is 1.92 bits per heavy atom. The molecular weight excluding hydrogens is 340 g/mol. The lowest BCUT2D eigenvalue weighted by molar-refractivity contribution is -0.123. The Labute approximate surface area is 149 Å². The number of piperazine rings is 1. The first-order valence-electron chi connectivity index (χ1n) is 8.39. The van der Waals surface area contributed by atoms with Crippen LogP contribution in [0.15, 0.2) is 29.2 Å². The van der Waals surface area contributed by atoms with E-state index < -0.39 is 10.0 Å². The molecule has 25 heavy (non-hydrogen) atoms. The van der Waals surface area contributed by atoms with E-state index in [1.165, 1.54) is 16.4 Å². The van der Waals surface area contributed by atoms with Gasteiger partial charge in [-0.1, -0.05) is 19.1 Å². The van der Waals surface area contributed by atoms with Crippen LogP contribution in [0.25, 0.3) is 0 Å². The maximum atomic E-state index is 12.8. The van der Waals surface area contributed by atoms with Gasteiger partial charge in [0.15, 0.2) is 0 Å². The number of hydrogen-bond donors (Lipinski definition) is 1. The molecule has 2 rings (SSSR count). The van der Waals surface area contributed by atoms with Crippen molar-refractivity contribution < 1.29 is 13.2 Å². The standard InChI is InChI=1S/C17H24N4O3S/c1-3-14(2)19-17(22)13-20-8-10-21(11-9-20)25(23,24)16-7-5-4-6-15(16)12-18/h4-7,14H,3,8-11,13H2,1-2H3,(H,19,22)/t14-/m0/s1. The van der Waals surface area contributed by atoms with Crippen LogP contribution in [-0.2, 0) is 14.8 Å². The molecular formula is C17H24N4O3S. The highest BCUT2D eigenvalue weighted by Crippen LogP contribution is 2.20. The van der Waals surface area contributed by atoms with Crippen LogP contribution in [0.4, 0.5) is 0 Å². The van der Waals surface area contributed by atoms with Crippen LogP contribution < -0.4 is 5.32 Å². The Bertz CT molecular complexity index is 749. The van der Waals surface area contributed by atoms with E-state index in [-0.39, 0.29) is 29.0 Å². The van der Waals surface area contributed by atoms with Gasteiger partial charge in [0.25, 0.3) is 0 Å². The molecule has 1 N–H and O–H groups in total. The van der Waals surface area contributed by atoms with Crippen LogP contribution >= 0.6 is 0 Å². The molecule has 1 saturated heterocycles. The van der Waals surface area contributed by atoms with E-state index in [0.29, 0.717) is 26.2 Å². The lowest BCUT2D eigenvalue weighted by Gasteiger charge is -2.33. The number of hydrogen-bond acceptors (Lipinski definition) is 5. The first kappa shape index (κ1) is 19.4. The predicted molar refractivity (Wildman–Crippen MR) is 94.3 cm³/mol. The smallest absolute Gasteiger partial charge is 0.244 e. The lowest BCUT2D eigenvalue weighted by Crippen LogP contribution is -2.51. The van der Waals surface area contributed by atoms with Gasteiger partial charge < -0.3 is 5.32 Å². The molecule has 0 saturated carbocycles. The van der Waals surface area contributed by atoms with Crippen molar-refractivity contribution in [3.05, 3.63) is 29.8 Å². The van der Waals surface area contributed by atoms with E-state index in [2.05, 4.69) is 5.32 Å². The summed E-state index contributed by atoms with van der Waals surface area (Å²) in [6.07, 6.45) is 0.871. The zero-order valence-corrected chi connectivity index (χ0v) is 15.4. The Morgan fingerprint density at radius 1 is 1.28 bits per heavy atom. The number of nitriles is 1. The van der Waals surface area contributed by atoms with Crippen molar-refractivity contribution in [1.29, 1.82) is 5.26 Å². The molecule has 0 aliphatic carbocycles. The minimum atomic E-state index is -3.70. The number of carbonyl (C=O) groups is 1. The summed E-state index contributed by atoms with van der Waals surface area (Å²) in [5.41, 5.74) is 0.151. The average Bonchev–Trinajstić information content (AvgIpc) is 2.61. The molecule has 0 radical (unpaired) electrons. The summed E-state index contributed by atoms with van der Waals surface area (Å²) in [6, 6.07) is 8.29. The van der Waals surface area contributed by atoms with Crippen LogP contribution in [0, 0.1) is 11.3 Å². The van der Waals surface area contributed by atoms with Crippen LogP contribution in [0.3, 0.4) is 0 Å². The quantitative estimate of drug-likeness (QED) is 0.805. The van der Waals surface area contributed by atoms with Crippen LogP contribution in [-0.4, -0.2) is 62.3 Å². The van der Waals surface area contributed by atoms with Gasteiger partial charge in [-0.3, -0.25) is 9.69 Å². The molecule has 1 amide bonds. The second-order valence-corrected chi connectivity index (χ2v) is 8.07. The Hall–Kier alpha value is -1.95. The molecule has 8 heteroatoms. The summed E-state index contributed by atoms with van der Waals surface area (Å²) < 4.78 is 26.9. The number of rotatable bonds is 6. The van der Waals surface area contributed by atoms with Crippen molar-refractivity contribution in [1.82, 2.24) is 14.5 Å². The third kappa shape index (κ3) is 4.78. The number of amides is 1. The first-order chi connectivity index (χ1) is 11.9. The Balaban J connectivity index is 1.98. The van der Waals surface area contributed by atoms with E-state index in [1.807, 2.05) is 24.8 Å². The van der Waals surface area contributed by atoms with Crippen molar-refractivity contribution in [3.8, 4) is 6.07 Å². The zero-order chi connectivity index (χ0) is 18.4. The van der Waals surface area contributed by atoms with Gasteiger partial charge in [0, 0.05) is 32.2 Å². The van der Waals surface area contributed by atoms with Gasteiger partial charge in [0.1, 0.15) is 6.07 Å². The van der Waals surface area contributed by atoms with Crippen molar-refractivity contribution in [2.75, 3.05) is 32.7 Å². The van der Waals surface area contributed by atoms with Crippen molar-refractivity contribution in [3.63, 3.8) is 0 Å². The number of nitrogens with zero attached hydrogens (tertiary/aromatic N) is 3. The van der Waals surface area contributed by atoms with Gasteiger partial charge in [-0.05, 0) is 25.5 Å². The first-order valence-corrected chi connectivity index (χ1v) is 9.83. The molecule has 1 fully saturated rings. The van der Waals surface area contributed by atoms with E-state index in [4.69, 9.17) is 5.26 Å². The van der Waals surface area contributed by atoms with Gasteiger partial charge >= 0.3 is 0 Å². The van der Waals surface area contributed by atoms with E-state index in [9.17, 15) is 13.2 Å². The maximum Gasteiger partial charge on any atom is 0.244 e. The highest BCUT2D eigenvalue weighted by atomic mass is 32.2. The van der Waals surface area contributed by atoms with Gasteiger partial charge in [-0.2, -0.15) is 9.57 Å². The number of sulfonamides is 1. The molecule has 1 heterocycles. The highest BCUT2D eigenvalue weighted by Gasteiger charge is 2.30. The predicted octanol–water partition coefficient (Wildman–Crippen LogP) is 0.779. The van der Waals surface area contributed by atoms with Crippen LogP contribution in [0.2, 0.25) is 0 Å². The normalized spacial score (nSPS) is 17.6. The summed E-state index contributed by atoms with van der Waals surface area (Å²) in [5, 5.41) is 12.0. The molecule has 1 aromatic carbocycles. The minimum Gasteiger partial charge on any atom is -0.353 e. The molecule has 0 bridgehead atoms. The Kier molecular flexibility index (Phi) is 6.53. The molecule has 136 valence electrons. The van der Waals surface area contributed by atoms with Crippen LogP contribution in [0.1, 0.15) is 25.8 Å². The lowest BCUT2D eigenvalue weighted by atomic mass is 10.2. The van der Waals surface area contributed by atoms with Gasteiger partial charge in [0.05, 0.1) is 17.0 Å². The molecule has 0 unspecified atom stereocenters. The largest absolute Gasteiger partial charge is 0.353 e. The fourth-order valence-corrected chi connectivity index (χ4v) is 4.24. The molecule has 0 spiro atoms. The fourth-order valence-electron chi connectivity index (χ4n) is 2.68. The topological polar surface area (TPSA) is 93.5 Å². The second kappa shape index (κ2) is 8.43. The van der Waals surface area contributed by atoms with E-state index in [0.717, 1.165) is 6.42 Å². The SMILES string of the molecule is CC[C@H](C)NC(=O)CN1CCN(S(=O)(=O)c2ccccc2C#N)CC1. The molecule has 1 atom stereocenters. The molecule has 0 aromatic heterocycles. The van der Waals surface area contributed by atoms with Crippen molar-refractivity contribution >= 4 is 15.9 Å². The molecule has 1 aromatic rings. The summed E-state index contributed by atoms with van der Waals surface area (Å²) >= 11 is 0. The summed E-state index contributed by atoms with van der Waals surface area (Å²) in [7, 11) is -3.70. The third-order valence-corrected chi connectivity index (χ3v) is 6.30. The van der Waals surface area contributed by atoms with Crippen molar-refractivity contribution in [2.24, 2.45) is 0 Å². The molecule has 1 aliphatic heterocycles. The molecule has 7 nitrogen and oxygen atoms in total. The highest BCUT2D eigenvalue weighted by molar-refractivity contribution is 7.89. The van der Waals surface area contributed by atoms with Gasteiger partial charge in [-0.15, -0.1) is 0 Å². The second-order valence-electron chi connectivity index (χ2n) is 6.17. The fraction of sp³-hybridized carbons (Fsp3) is 0.529. The number of carbonyl (C=O) groups excluding carboxylic acids is 1. The monoisotopic (exact) mass is 364 g/mol. The third-order valence-electron chi connectivity index (χ3n) is 4.34. The maximum absolute atomic E-state index is 12.8. The summed E-state index contributed by atoms with van der Waals surface area (Å²) in [4.78, 5) is 13.9. The van der Waals surface area contributed by atoms with Crippen LogP contribution in [0.5, 0.6) is 0 Å². The van der Waals surface area contributed by atoms with E-state index in [1.54, 1.807) is 12.1 Å². The molecule has 1 aliphatic rings. The average molecular weight is 364 g/mol. The minimum absolute atomic E-state index is 0.0412.